The maximum Gasteiger partial charge on any atom is 0.237 e. The molecule has 0 aliphatic carbocycles. The van der Waals surface area contributed by atoms with Crippen molar-refractivity contribution in [2.45, 2.75) is 36.3 Å². The van der Waals surface area contributed by atoms with Gasteiger partial charge in [0.2, 0.25) is 5.91 Å². The molecule has 1 aliphatic heterocycles. The summed E-state index contributed by atoms with van der Waals surface area (Å²) in [6, 6.07) is 5.19. The second kappa shape index (κ2) is 10.3. The average Bonchev–Trinajstić information content (AvgIpc) is 3.07. The number of benzene rings is 1. The minimum atomic E-state index is -0.597. The highest BCUT2D eigenvalue weighted by Crippen LogP contribution is 2.33. The Morgan fingerprint density at radius 3 is 2.70 bits per heavy atom. The monoisotopic (exact) mass is 435 g/mol. The van der Waals surface area contributed by atoms with E-state index >= 15 is 0 Å². The number of nitrogens with one attached hydrogen (secondary N) is 1. The number of halogens is 2. The first-order chi connectivity index (χ1) is 14.3. The summed E-state index contributed by atoms with van der Waals surface area (Å²) in [7, 11) is 3.87. The summed E-state index contributed by atoms with van der Waals surface area (Å²) in [5.41, 5.74) is 0.856. The van der Waals surface area contributed by atoms with Crippen LogP contribution in [0.1, 0.15) is 17.7 Å². The molecule has 2 aromatic rings. The Balaban J connectivity index is 1.74. The summed E-state index contributed by atoms with van der Waals surface area (Å²) in [6.45, 7) is 3.69. The SMILES string of the molecule is Cc1ccnc(S[C@@H]2C[C@@H](C(=O)NCCN(C)C)N(Cc3c(F)cccc3F)C2)n1. The molecule has 0 radical (unpaired) electrons. The van der Waals surface area contributed by atoms with Crippen molar-refractivity contribution in [1.29, 1.82) is 0 Å². The molecule has 1 amide bonds. The first-order valence-corrected chi connectivity index (χ1v) is 10.8. The maximum atomic E-state index is 14.2. The van der Waals surface area contributed by atoms with E-state index in [4.69, 9.17) is 0 Å². The highest BCUT2D eigenvalue weighted by atomic mass is 32.2. The topological polar surface area (TPSA) is 61.4 Å². The molecular formula is C21H27F2N5OS. The Labute approximate surface area is 180 Å². The number of aromatic nitrogens is 2. The van der Waals surface area contributed by atoms with E-state index in [-0.39, 0.29) is 23.3 Å². The summed E-state index contributed by atoms with van der Waals surface area (Å²) in [5.74, 6) is -1.32. The van der Waals surface area contributed by atoms with Gasteiger partial charge in [-0.25, -0.2) is 18.7 Å². The molecule has 1 saturated heterocycles. The standard InChI is InChI=1S/C21H27F2N5OS/c1-14-7-8-25-21(26-14)30-15-11-19(20(29)24-9-10-27(2)3)28(12-15)13-16-17(22)5-4-6-18(16)23/h4-8,15,19H,9-13H2,1-3H3,(H,24,29)/t15-,19+/m1/s1. The predicted octanol–water partition coefficient (Wildman–Crippen LogP) is 2.48. The number of likely N-dealkylation sites (N-methyl/N-ethyl adjacent to an activating group) is 1. The molecule has 0 saturated carbocycles. The van der Waals surface area contributed by atoms with Gasteiger partial charge in [0.15, 0.2) is 5.16 Å². The molecular weight excluding hydrogens is 408 g/mol. The predicted molar refractivity (Wildman–Crippen MR) is 113 cm³/mol. The Hall–Kier alpha value is -2.10. The molecule has 1 fully saturated rings. The highest BCUT2D eigenvalue weighted by Gasteiger charge is 2.38. The third-order valence-electron chi connectivity index (χ3n) is 4.99. The van der Waals surface area contributed by atoms with Crippen LogP contribution in [0.2, 0.25) is 0 Å². The lowest BCUT2D eigenvalue weighted by Gasteiger charge is -2.24. The zero-order valence-corrected chi connectivity index (χ0v) is 18.3. The van der Waals surface area contributed by atoms with Crippen molar-refractivity contribution in [2.24, 2.45) is 0 Å². The van der Waals surface area contributed by atoms with Crippen LogP contribution in [0.15, 0.2) is 35.6 Å². The van der Waals surface area contributed by atoms with Crippen molar-refractivity contribution in [3.63, 3.8) is 0 Å². The molecule has 9 heteroatoms. The van der Waals surface area contributed by atoms with Crippen LogP contribution in [-0.2, 0) is 11.3 Å². The molecule has 2 atom stereocenters. The fourth-order valence-electron chi connectivity index (χ4n) is 3.43. The average molecular weight is 436 g/mol. The third-order valence-corrected chi connectivity index (χ3v) is 6.08. The smallest absolute Gasteiger partial charge is 0.237 e. The number of hydrogen-bond donors (Lipinski definition) is 1. The summed E-state index contributed by atoms with van der Waals surface area (Å²) >= 11 is 1.50. The summed E-state index contributed by atoms with van der Waals surface area (Å²) in [5, 5.41) is 3.64. The number of likely N-dealkylation sites (tertiary alicyclic amines) is 1. The van der Waals surface area contributed by atoms with Crippen LogP contribution in [0.3, 0.4) is 0 Å². The van der Waals surface area contributed by atoms with Gasteiger partial charge in [-0.2, -0.15) is 0 Å². The van der Waals surface area contributed by atoms with Crippen LogP contribution >= 0.6 is 11.8 Å². The first kappa shape index (κ1) is 22.6. The minimum absolute atomic E-state index is 0.0129. The number of nitrogens with zero attached hydrogens (tertiary/aromatic N) is 4. The lowest BCUT2D eigenvalue weighted by Crippen LogP contribution is -2.44. The van der Waals surface area contributed by atoms with Crippen molar-refractivity contribution in [3.05, 3.63) is 53.4 Å². The van der Waals surface area contributed by atoms with Crippen LogP contribution in [0.4, 0.5) is 8.78 Å². The minimum Gasteiger partial charge on any atom is -0.353 e. The van der Waals surface area contributed by atoms with Gasteiger partial charge in [0.05, 0.1) is 6.04 Å². The van der Waals surface area contributed by atoms with E-state index < -0.39 is 17.7 Å². The molecule has 0 bridgehead atoms. The van der Waals surface area contributed by atoms with E-state index in [1.165, 1.54) is 30.0 Å². The zero-order chi connectivity index (χ0) is 21.7. The molecule has 1 aromatic carbocycles. The van der Waals surface area contributed by atoms with E-state index in [9.17, 15) is 13.6 Å². The lowest BCUT2D eigenvalue weighted by atomic mass is 10.1. The molecule has 1 N–H and O–H groups in total. The largest absolute Gasteiger partial charge is 0.353 e. The molecule has 1 aliphatic rings. The lowest BCUT2D eigenvalue weighted by molar-refractivity contribution is -0.125. The maximum absolute atomic E-state index is 14.2. The van der Waals surface area contributed by atoms with Crippen LogP contribution in [-0.4, -0.2) is 70.7 Å². The Bertz CT molecular complexity index is 862. The molecule has 0 spiro atoms. The van der Waals surface area contributed by atoms with E-state index in [1.807, 2.05) is 36.9 Å². The van der Waals surface area contributed by atoms with Gasteiger partial charge in [-0.15, -0.1) is 0 Å². The number of amides is 1. The van der Waals surface area contributed by atoms with Crippen molar-refractivity contribution in [1.82, 2.24) is 25.1 Å². The summed E-state index contributed by atoms with van der Waals surface area (Å²) < 4.78 is 28.4. The van der Waals surface area contributed by atoms with Gasteiger partial charge in [0.25, 0.3) is 0 Å². The van der Waals surface area contributed by atoms with Crippen LogP contribution < -0.4 is 5.32 Å². The zero-order valence-electron chi connectivity index (χ0n) is 17.4. The number of rotatable bonds is 8. The van der Waals surface area contributed by atoms with Crippen LogP contribution in [0, 0.1) is 18.6 Å². The van der Waals surface area contributed by atoms with Crippen LogP contribution in [0.5, 0.6) is 0 Å². The fraction of sp³-hybridized carbons (Fsp3) is 0.476. The number of carbonyl (C=O) groups excluding carboxylic acids is 1. The summed E-state index contributed by atoms with van der Waals surface area (Å²) in [6.07, 6.45) is 2.27. The van der Waals surface area contributed by atoms with Gasteiger partial charge in [-0.1, -0.05) is 17.8 Å². The molecule has 3 rings (SSSR count). The molecule has 162 valence electrons. The summed E-state index contributed by atoms with van der Waals surface area (Å²) in [4.78, 5) is 25.4. The molecule has 6 nitrogen and oxygen atoms in total. The van der Waals surface area contributed by atoms with Gasteiger partial charge in [-0.3, -0.25) is 9.69 Å². The van der Waals surface area contributed by atoms with Crippen molar-refractivity contribution in [2.75, 3.05) is 33.7 Å². The van der Waals surface area contributed by atoms with Gasteiger partial charge in [0.1, 0.15) is 11.6 Å². The Morgan fingerprint density at radius 2 is 2.03 bits per heavy atom. The van der Waals surface area contributed by atoms with Gasteiger partial charge < -0.3 is 10.2 Å². The Morgan fingerprint density at radius 1 is 1.30 bits per heavy atom. The molecule has 0 unspecified atom stereocenters. The van der Waals surface area contributed by atoms with E-state index in [0.717, 1.165) is 12.2 Å². The van der Waals surface area contributed by atoms with E-state index in [0.29, 0.717) is 24.7 Å². The number of aryl methyl sites for hydroxylation is 1. The van der Waals surface area contributed by atoms with Crippen molar-refractivity contribution in [3.8, 4) is 0 Å². The van der Waals surface area contributed by atoms with Crippen molar-refractivity contribution >= 4 is 17.7 Å². The van der Waals surface area contributed by atoms with E-state index in [1.54, 1.807) is 6.20 Å². The number of thioether (sulfide) groups is 1. The normalized spacial score (nSPS) is 19.4. The van der Waals surface area contributed by atoms with Gasteiger partial charge in [-0.05, 0) is 45.6 Å². The Kier molecular flexibility index (Phi) is 7.74. The second-order valence-electron chi connectivity index (χ2n) is 7.70. The third kappa shape index (κ3) is 5.96. The number of hydrogen-bond acceptors (Lipinski definition) is 6. The molecule has 1 aromatic heterocycles. The van der Waals surface area contributed by atoms with Crippen LogP contribution in [0.25, 0.3) is 0 Å². The molecule has 30 heavy (non-hydrogen) atoms. The fourth-order valence-corrected chi connectivity index (χ4v) is 4.59. The van der Waals surface area contributed by atoms with Gasteiger partial charge in [0, 0.05) is 48.9 Å². The first-order valence-electron chi connectivity index (χ1n) is 9.89. The number of carbonyl (C=O) groups is 1. The molecule has 2 heterocycles. The second-order valence-corrected chi connectivity index (χ2v) is 8.96. The highest BCUT2D eigenvalue weighted by molar-refractivity contribution is 7.99. The van der Waals surface area contributed by atoms with Gasteiger partial charge >= 0.3 is 0 Å². The quantitative estimate of drug-likeness (QED) is 0.643. The van der Waals surface area contributed by atoms with Crippen molar-refractivity contribution < 1.29 is 13.6 Å². The van der Waals surface area contributed by atoms with E-state index in [2.05, 4.69) is 15.3 Å².